The Balaban J connectivity index is 1.89. The van der Waals surface area contributed by atoms with Gasteiger partial charge in [-0.2, -0.15) is 0 Å². The summed E-state index contributed by atoms with van der Waals surface area (Å²) >= 11 is 3.18. The van der Waals surface area contributed by atoms with Gasteiger partial charge >= 0.3 is 0 Å². The molecule has 1 amide bonds. The molecule has 0 saturated carbocycles. The molecule has 23 heavy (non-hydrogen) atoms. The van der Waals surface area contributed by atoms with E-state index in [1.807, 2.05) is 0 Å². The molecule has 122 valence electrons. The molecule has 0 radical (unpaired) electrons. The van der Waals surface area contributed by atoms with Crippen LogP contribution in [-0.4, -0.2) is 50.1 Å². The number of rotatable bonds is 4. The second-order valence-electron chi connectivity index (χ2n) is 5.44. The molecule has 3 rings (SSSR count). The van der Waals surface area contributed by atoms with Gasteiger partial charge in [-0.3, -0.25) is 9.69 Å². The zero-order valence-electron chi connectivity index (χ0n) is 12.0. The molecule has 7 nitrogen and oxygen atoms in total. The van der Waals surface area contributed by atoms with Crippen LogP contribution < -0.4 is 5.73 Å². The molecule has 2 heterocycles. The van der Waals surface area contributed by atoms with Crippen LogP contribution in [-0.2, 0) is 4.79 Å². The van der Waals surface area contributed by atoms with E-state index in [2.05, 4.69) is 26.2 Å². The van der Waals surface area contributed by atoms with Crippen LogP contribution in [0.15, 0.2) is 35.1 Å². The predicted octanol–water partition coefficient (Wildman–Crippen LogP) is 0.624. The van der Waals surface area contributed by atoms with Crippen LogP contribution in [0.25, 0.3) is 0 Å². The smallest absolute Gasteiger partial charge is 0.239 e. The van der Waals surface area contributed by atoms with Crippen molar-refractivity contribution < 1.29 is 14.3 Å². The highest BCUT2D eigenvalue weighted by Crippen LogP contribution is 2.32. The van der Waals surface area contributed by atoms with Crippen molar-refractivity contribution in [1.29, 1.82) is 0 Å². The first-order valence-electron chi connectivity index (χ1n) is 6.99. The fourth-order valence-corrected chi connectivity index (χ4v) is 3.25. The van der Waals surface area contributed by atoms with Crippen molar-refractivity contribution in [2.24, 2.45) is 5.73 Å². The van der Waals surface area contributed by atoms with E-state index in [9.17, 15) is 14.3 Å². The lowest BCUT2D eigenvalue weighted by Crippen LogP contribution is -2.37. The Kier molecular flexibility index (Phi) is 4.42. The largest absolute Gasteiger partial charge is 0.390 e. The van der Waals surface area contributed by atoms with Gasteiger partial charge < -0.3 is 10.8 Å². The lowest BCUT2D eigenvalue weighted by Gasteiger charge is -2.25. The minimum atomic E-state index is -0.953. The minimum Gasteiger partial charge on any atom is -0.390 e. The first-order chi connectivity index (χ1) is 11.0. The average Bonchev–Trinajstić information content (AvgIpc) is 3.10. The second-order valence-corrected chi connectivity index (χ2v) is 6.36. The lowest BCUT2D eigenvalue weighted by atomic mass is 10.0. The molecule has 3 atom stereocenters. The number of aliphatic hydroxyl groups excluding tert-OH is 1. The molecule has 1 saturated heterocycles. The second kappa shape index (κ2) is 6.34. The highest BCUT2D eigenvalue weighted by molar-refractivity contribution is 9.10. The van der Waals surface area contributed by atoms with Gasteiger partial charge in [0, 0.05) is 29.3 Å². The van der Waals surface area contributed by atoms with E-state index < -0.39 is 23.9 Å². The quantitative estimate of drug-likeness (QED) is 0.806. The lowest BCUT2D eigenvalue weighted by molar-refractivity contribution is -0.123. The molecule has 1 fully saturated rings. The fraction of sp³-hybridized carbons (Fsp3) is 0.357. The molecule has 9 heteroatoms. The molecule has 2 aromatic rings. The standard InChI is InChI=1S/C14H15BrFN5O2/c15-8-1-2-9(10(16)5-8)13(14(17)23)20-6-11(12(22)7-20)21-4-3-18-19-21/h1-5,11-13,22H,6-7H2,(H2,17,23)/t11-,12-,13?/m1/s1. The van der Waals surface area contributed by atoms with Crippen molar-refractivity contribution in [2.45, 2.75) is 18.2 Å². The SMILES string of the molecule is NC(=O)C(c1ccc(Br)cc1F)N1C[C@@H](O)[C@H](n2ccnn2)C1. The van der Waals surface area contributed by atoms with Gasteiger partial charge in [0.1, 0.15) is 11.9 Å². The summed E-state index contributed by atoms with van der Waals surface area (Å²) in [4.78, 5) is 13.6. The molecule has 0 aliphatic carbocycles. The first kappa shape index (κ1) is 16.0. The number of likely N-dealkylation sites (tertiary alicyclic amines) is 1. The van der Waals surface area contributed by atoms with Gasteiger partial charge in [-0.05, 0) is 12.1 Å². The molecule has 3 N–H and O–H groups in total. The van der Waals surface area contributed by atoms with Gasteiger partial charge in [0.25, 0.3) is 0 Å². The molecule has 1 aromatic heterocycles. The summed E-state index contributed by atoms with van der Waals surface area (Å²) in [7, 11) is 0. The first-order valence-corrected chi connectivity index (χ1v) is 7.79. The minimum absolute atomic E-state index is 0.187. The van der Waals surface area contributed by atoms with E-state index >= 15 is 0 Å². The van der Waals surface area contributed by atoms with Crippen LogP contribution in [0.5, 0.6) is 0 Å². The Morgan fingerprint density at radius 3 is 2.87 bits per heavy atom. The summed E-state index contributed by atoms with van der Waals surface area (Å²) in [6.07, 6.45) is 2.39. The van der Waals surface area contributed by atoms with Crippen molar-refractivity contribution in [2.75, 3.05) is 13.1 Å². The van der Waals surface area contributed by atoms with Crippen LogP contribution in [0, 0.1) is 5.82 Å². The van der Waals surface area contributed by atoms with Crippen LogP contribution >= 0.6 is 15.9 Å². The van der Waals surface area contributed by atoms with Gasteiger partial charge in [-0.15, -0.1) is 5.10 Å². The third-order valence-electron chi connectivity index (χ3n) is 3.96. The number of benzene rings is 1. The van der Waals surface area contributed by atoms with Gasteiger partial charge in [0.05, 0.1) is 18.3 Å². The van der Waals surface area contributed by atoms with E-state index in [0.717, 1.165) is 0 Å². The number of halogens is 2. The van der Waals surface area contributed by atoms with Gasteiger partial charge in [0.15, 0.2) is 0 Å². The maximum Gasteiger partial charge on any atom is 0.239 e. The molecule has 1 aliphatic rings. The number of nitrogens with zero attached hydrogens (tertiary/aromatic N) is 4. The number of primary amides is 1. The topological polar surface area (TPSA) is 97.3 Å². The normalized spacial score (nSPS) is 23.1. The maximum absolute atomic E-state index is 14.2. The van der Waals surface area contributed by atoms with E-state index in [1.54, 1.807) is 17.2 Å². The Morgan fingerprint density at radius 1 is 1.48 bits per heavy atom. The summed E-state index contributed by atoms with van der Waals surface area (Å²) in [5, 5.41) is 17.8. The van der Waals surface area contributed by atoms with E-state index in [1.165, 1.54) is 23.0 Å². The monoisotopic (exact) mass is 383 g/mol. The number of aliphatic hydroxyl groups is 1. The number of hydrogen-bond donors (Lipinski definition) is 2. The van der Waals surface area contributed by atoms with Gasteiger partial charge in [-0.25, -0.2) is 9.07 Å². The highest BCUT2D eigenvalue weighted by Gasteiger charge is 2.40. The number of β-amino-alcohol motifs (C(OH)–C–C–N with tert-alkyl or cyclic N) is 1. The van der Waals surface area contributed by atoms with E-state index in [0.29, 0.717) is 11.0 Å². The Hall–Kier alpha value is -1.84. The number of nitrogens with two attached hydrogens (primary N) is 1. The van der Waals surface area contributed by atoms with Crippen molar-refractivity contribution in [3.8, 4) is 0 Å². The molecular formula is C14H15BrFN5O2. The third kappa shape index (κ3) is 3.12. The Bertz CT molecular complexity index is 711. The zero-order valence-corrected chi connectivity index (χ0v) is 13.6. The third-order valence-corrected chi connectivity index (χ3v) is 4.45. The van der Waals surface area contributed by atoms with E-state index in [4.69, 9.17) is 5.73 Å². The molecule has 0 spiro atoms. The van der Waals surface area contributed by atoms with Crippen molar-refractivity contribution in [3.05, 3.63) is 46.4 Å². The van der Waals surface area contributed by atoms with Crippen molar-refractivity contribution >= 4 is 21.8 Å². The Labute approximate surface area is 140 Å². The number of aromatic nitrogens is 3. The average molecular weight is 384 g/mol. The zero-order chi connectivity index (χ0) is 16.6. The van der Waals surface area contributed by atoms with Gasteiger partial charge in [-0.1, -0.05) is 27.2 Å². The summed E-state index contributed by atoms with van der Waals surface area (Å²) in [5.41, 5.74) is 5.68. The molecule has 1 aromatic carbocycles. The maximum atomic E-state index is 14.2. The van der Waals surface area contributed by atoms with Crippen LogP contribution in [0.4, 0.5) is 4.39 Å². The number of amides is 1. The molecular weight excluding hydrogens is 369 g/mol. The number of carbonyl (C=O) groups is 1. The van der Waals surface area contributed by atoms with Crippen LogP contribution in [0.1, 0.15) is 17.6 Å². The highest BCUT2D eigenvalue weighted by atomic mass is 79.9. The summed E-state index contributed by atoms with van der Waals surface area (Å²) < 4.78 is 16.3. The predicted molar refractivity (Wildman–Crippen MR) is 82.7 cm³/mol. The van der Waals surface area contributed by atoms with E-state index in [-0.39, 0.29) is 18.2 Å². The van der Waals surface area contributed by atoms with Gasteiger partial charge in [0.2, 0.25) is 5.91 Å². The number of hydrogen-bond acceptors (Lipinski definition) is 5. The fourth-order valence-electron chi connectivity index (χ4n) is 2.92. The van der Waals surface area contributed by atoms with Crippen molar-refractivity contribution in [1.82, 2.24) is 19.9 Å². The summed E-state index contributed by atoms with van der Waals surface area (Å²) in [5.74, 6) is -1.19. The molecule has 0 bridgehead atoms. The van der Waals surface area contributed by atoms with Crippen molar-refractivity contribution in [3.63, 3.8) is 0 Å². The Morgan fingerprint density at radius 2 is 2.26 bits per heavy atom. The van der Waals surface area contributed by atoms with Crippen LogP contribution in [0.2, 0.25) is 0 Å². The summed E-state index contributed by atoms with van der Waals surface area (Å²) in [6, 6.07) is 3.14. The number of carbonyl (C=O) groups excluding carboxylic acids is 1. The van der Waals surface area contributed by atoms with Crippen LogP contribution in [0.3, 0.4) is 0 Å². The molecule has 1 unspecified atom stereocenters. The molecule has 1 aliphatic heterocycles. The summed E-state index contributed by atoms with van der Waals surface area (Å²) in [6.45, 7) is 0.501.